The van der Waals surface area contributed by atoms with Gasteiger partial charge in [-0.2, -0.15) is 0 Å². The number of benzene rings is 1. The molecule has 3 heterocycles. The second-order valence-electron chi connectivity index (χ2n) is 6.05. The summed E-state index contributed by atoms with van der Waals surface area (Å²) in [5, 5.41) is 0.965. The van der Waals surface area contributed by atoms with E-state index in [0.717, 1.165) is 44.7 Å². The van der Waals surface area contributed by atoms with Crippen LogP contribution >= 0.6 is 0 Å². The maximum absolute atomic E-state index is 6.02. The smallest absolute Gasteiger partial charge is 0.228 e. The van der Waals surface area contributed by atoms with Crippen molar-refractivity contribution in [2.24, 2.45) is 0 Å². The fourth-order valence-corrected chi connectivity index (χ4v) is 3.11. The molecule has 5 nitrogen and oxygen atoms in total. The van der Waals surface area contributed by atoms with Crippen LogP contribution in [0, 0.1) is 20.8 Å². The molecule has 0 aliphatic heterocycles. The van der Waals surface area contributed by atoms with Gasteiger partial charge in [-0.15, -0.1) is 0 Å². The summed E-state index contributed by atoms with van der Waals surface area (Å²) in [5.74, 6) is 1.36. The van der Waals surface area contributed by atoms with E-state index in [1.165, 1.54) is 0 Å². The summed E-state index contributed by atoms with van der Waals surface area (Å²) >= 11 is 0. The first kappa shape index (κ1) is 17.6. The maximum atomic E-state index is 6.02. The van der Waals surface area contributed by atoms with Gasteiger partial charge in [-0.3, -0.25) is 0 Å². The summed E-state index contributed by atoms with van der Waals surface area (Å²) < 4.78 is 6.02. The number of H-pyrrole nitrogens is 1. The Labute approximate surface area is 153 Å². The molecule has 4 rings (SSSR count). The van der Waals surface area contributed by atoms with Crippen LogP contribution in [0.25, 0.3) is 22.0 Å². The highest BCUT2D eigenvalue weighted by Crippen LogP contribution is 2.33. The van der Waals surface area contributed by atoms with Gasteiger partial charge in [-0.25, -0.2) is 15.0 Å². The molecule has 0 radical (unpaired) electrons. The molecule has 4 aromatic rings. The van der Waals surface area contributed by atoms with Crippen molar-refractivity contribution < 1.29 is 4.74 Å². The topological polar surface area (TPSA) is 63.7 Å². The van der Waals surface area contributed by atoms with Crippen molar-refractivity contribution in [3.8, 4) is 22.8 Å². The highest BCUT2D eigenvalue weighted by Gasteiger charge is 2.12. The second-order valence-corrected chi connectivity index (χ2v) is 6.05. The Bertz CT molecular complexity index is 1050. The second kappa shape index (κ2) is 6.96. The molecule has 3 aromatic heterocycles. The van der Waals surface area contributed by atoms with Crippen molar-refractivity contribution >= 4 is 10.9 Å². The van der Waals surface area contributed by atoms with Gasteiger partial charge in [0, 0.05) is 29.3 Å². The van der Waals surface area contributed by atoms with Gasteiger partial charge in [0.15, 0.2) is 0 Å². The minimum absolute atomic E-state index is 0. The number of rotatable bonds is 3. The predicted octanol–water partition coefficient (Wildman–Crippen LogP) is 5.37. The van der Waals surface area contributed by atoms with Gasteiger partial charge in [0.25, 0.3) is 0 Å². The van der Waals surface area contributed by atoms with Crippen molar-refractivity contribution in [3.63, 3.8) is 0 Å². The molecule has 5 heteroatoms. The zero-order valence-corrected chi connectivity index (χ0v) is 14.4. The number of nitrogens with one attached hydrogen (secondary N) is 1. The van der Waals surface area contributed by atoms with Crippen molar-refractivity contribution in [2.75, 3.05) is 0 Å². The molecule has 0 saturated carbocycles. The number of hydrogen-bond donors (Lipinski definition) is 1. The van der Waals surface area contributed by atoms with Gasteiger partial charge in [-0.1, -0.05) is 13.5 Å². The molecule has 26 heavy (non-hydrogen) atoms. The van der Waals surface area contributed by atoms with E-state index in [1.807, 2.05) is 44.3 Å². The minimum atomic E-state index is 0. The molecule has 0 aliphatic rings. The number of aryl methyl sites for hydroxylation is 3. The molecular formula is C21H22N4O. The molecule has 0 atom stereocenters. The molecule has 0 saturated heterocycles. The fraction of sp³-hybridized carbons (Fsp3) is 0.190. The number of nitrogens with zero attached hydrogens (tertiary/aromatic N) is 3. The number of hydrogen-bond acceptors (Lipinski definition) is 4. The zero-order chi connectivity index (χ0) is 17.4. The Morgan fingerprint density at radius 1 is 0.923 bits per heavy atom. The van der Waals surface area contributed by atoms with Crippen LogP contribution in [0.5, 0.6) is 11.6 Å². The van der Waals surface area contributed by atoms with Gasteiger partial charge in [0.05, 0.1) is 10.9 Å². The zero-order valence-electron chi connectivity index (χ0n) is 14.4. The van der Waals surface area contributed by atoms with Crippen molar-refractivity contribution in [2.45, 2.75) is 28.2 Å². The van der Waals surface area contributed by atoms with Gasteiger partial charge in [0.1, 0.15) is 12.1 Å². The first-order valence-corrected chi connectivity index (χ1v) is 8.12. The van der Waals surface area contributed by atoms with E-state index in [9.17, 15) is 0 Å². The average molecular weight is 346 g/mol. The van der Waals surface area contributed by atoms with Gasteiger partial charge < -0.3 is 9.72 Å². The number of aromatic amines is 1. The molecule has 0 aliphatic carbocycles. The van der Waals surface area contributed by atoms with E-state index >= 15 is 0 Å². The lowest BCUT2D eigenvalue weighted by Crippen LogP contribution is -1.97. The normalized spacial score (nSPS) is 10.6. The lowest BCUT2D eigenvalue weighted by molar-refractivity contribution is 0.469. The van der Waals surface area contributed by atoms with Gasteiger partial charge >= 0.3 is 0 Å². The van der Waals surface area contributed by atoms with E-state index in [4.69, 9.17) is 4.74 Å². The van der Waals surface area contributed by atoms with Crippen LogP contribution in [0.3, 0.4) is 0 Å². The molecular weight excluding hydrogens is 324 g/mol. The van der Waals surface area contributed by atoms with E-state index in [0.29, 0.717) is 5.88 Å². The summed E-state index contributed by atoms with van der Waals surface area (Å²) in [7, 11) is 0. The summed E-state index contributed by atoms with van der Waals surface area (Å²) in [6.45, 7) is 6.08. The third-order valence-corrected chi connectivity index (χ3v) is 4.35. The highest BCUT2D eigenvalue weighted by molar-refractivity contribution is 5.84. The Kier molecular flexibility index (Phi) is 4.71. The molecule has 132 valence electrons. The fourth-order valence-electron chi connectivity index (χ4n) is 3.11. The van der Waals surface area contributed by atoms with Crippen LogP contribution in [0.2, 0.25) is 0 Å². The van der Waals surface area contributed by atoms with Crippen molar-refractivity contribution in [3.05, 3.63) is 66.0 Å². The number of fused-ring (bicyclic) bond motifs is 1. The standard InChI is InChI=1S/C20H18N4O.CH4/c1-12-10-15(25-20-17-6-8-21-18(17)7-9-22-20)4-5-16(12)19-13(2)23-11-24-14(19)3;/h4-11,21H,1-3H3;1H4. The summed E-state index contributed by atoms with van der Waals surface area (Å²) in [5.41, 5.74) is 6.27. The molecule has 1 aromatic carbocycles. The quantitative estimate of drug-likeness (QED) is 0.541. The van der Waals surface area contributed by atoms with Crippen LogP contribution in [-0.4, -0.2) is 19.9 Å². The summed E-state index contributed by atoms with van der Waals surface area (Å²) in [6, 6.07) is 9.93. The van der Waals surface area contributed by atoms with Crippen molar-refractivity contribution in [1.29, 1.82) is 0 Å². The van der Waals surface area contributed by atoms with Crippen LogP contribution in [-0.2, 0) is 0 Å². The lowest BCUT2D eigenvalue weighted by atomic mass is 9.98. The molecule has 0 unspecified atom stereocenters. The molecule has 0 amide bonds. The molecule has 1 N–H and O–H groups in total. The first-order chi connectivity index (χ1) is 12.1. The van der Waals surface area contributed by atoms with Gasteiger partial charge in [0.2, 0.25) is 5.88 Å². The lowest BCUT2D eigenvalue weighted by Gasteiger charge is -2.13. The summed E-state index contributed by atoms with van der Waals surface area (Å²) in [4.78, 5) is 16.2. The molecule has 0 spiro atoms. The monoisotopic (exact) mass is 346 g/mol. The predicted molar refractivity (Wildman–Crippen MR) is 105 cm³/mol. The van der Waals surface area contributed by atoms with Crippen LogP contribution in [0.15, 0.2) is 49.1 Å². The maximum Gasteiger partial charge on any atom is 0.228 e. The van der Waals surface area contributed by atoms with Crippen LogP contribution < -0.4 is 4.74 Å². The van der Waals surface area contributed by atoms with E-state index in [1.54, 1.807) is 12.5 Å². The van der Waals surface area contributed by atoms with E-state index in [2.05, 4.69) is 32.9 Å². The van der Waals surface area contributed by atoms with Crippen molar-refractivity contribution in [1.82, 2.24) is 19.9 Å². The number of pyridine rings is 1. The number of ether oxygens (including phenoxy) is 1. The Hall–Kier alpha value is -3.21. The van der Waals surface area contributed by atoms with E-state index in [-0.39, 0.29) is 7.43 Å². The molecule has 0 fully saturated rings. The first-order valence-electron chi connectivity index (χ1n) is 8.12. The van der Waals surface area contributed by atoms with E-state index < -0.39 is 0 Å². The van der Waals surface area contributed by atoms with Crippen LogP contribution in [0.4, 0.5) is 0 Å². The Morgan fingerprint density at radius 3 is 2.42 bits per heavy atom. The molecule has 0 bridgehead atoms. The Morgan fingerprint density at radius 2 is 1.69 bits per heavy atom. The number of aromatic nitrogens is 4. The highest BCUT2D eigenvalue weighted by atomic mass is 16.5. The third-order valence-electron chi connectivity index (χ3n) is 4.35. The average Bonchev–Trinajstić information content (AvgIpc) is 3.06. The third kappa shape index (κ3) is 3.04. The minimum Gasteiger partial charge on any atom is -0.438 e. The van der Waals surface area contributed by atoms with Gasteiger partial charge in [-0.05, 0) is 56.2 Å². The SMILES string of the molecule is C.Cc1cc(Oc2nccc3[nH]ccc23)ccc1-c1c(C)ncnc1C. The Balaban J connectivity index is 0.00000196. The summed E-state index contributed by atoms with van der Waals surface area (Å²) in [6.07, 6.45) is 5.22. The largest absolute Gasteiger partial charge is 0.438 e. The van der Waals surface area contributed by atoms with Crippen LogP contribution in [0.1, 0.15) is 24.4 Å².